The first-order valence-corrected chi connectivity index (χ1v) is 10.5. The van der Waals surface area contributed by atoms with Gasteiger partial charge in [-0.05, 0) is 51.8 Å². The predicted octanol–water partition coefficient (Wildman–Crippen LogP) is 7.14. The molecule has 0 aliphatic heterocycles. The summed E-state index contributed by atoms with van der Waals surface area (Å²) in [5.41, 5.74) is 11.8. The molecule has 6 rings (SSSR count). The summed E-state index contributed by atoms with van der Waals surface area (Å²) in [6, 6.07) is 27.4. The molecular formula is C28H24. The molecule has 1 spiro atoms. The maximum Gasteiger partial charge on any atom is 0.0541 e. The third kappa shape index (κ3) is 1.86. The van der Waals surface area contributed by atoms with Crippen molar-refractivity contribution in [1.29, 1.82) is 0 Å². The highest BCUT2D eigenvalue weighted by Crippen LogP contribution is 2.65. The van der Waals surface area contributed by atoms with Crippen LogP contribution in [0.15, 0.2) is 90.5 Å². The Kier molecular flexibility index (Phi) is 3.35. The Hall–Kier alpha value is -2.86. The lowest BCUT2D eigenvalue weighted by atomic mass is 9.64. The smallest absolute Gasteiger partial charge is 0.0541 e. The van der Waals surface area contributed by atoms with Gasteiger partial charge in [-0.2, -0.15) is 0 Å². The summed E-state index contributed by atoms with van der Waals surface area (Å²) in [5.74, 6) is 0.487. The fourth-order valence-corrected chi connectivity index (χ4v) is 6.14. The van der Waals surface area contributed by atoms with Crippen molar-refractivity contribution in [3.8, 4) is 11.1 Å². The van der Waals surface area contributed by atoms with Crippen molar-refractivity contribution in [1.82, 2.24) is 0 Å². The molecule has 136 valence electrons. The summed E-state index contributed by atoms with van der Waals surface area (Å²) in [6.45, 7) is 2.29. The van der Waals surface area contributed by atoms with E-state index in [9.17, 15) is 0 Å². The number of hydrogen-bond donors (Lipinski definition) is 0. The van der Waals surface area contributed by atoms with E-state index in [0.717, 1.165) is 6.42 Å². The van der Waals surface area contributed by atoms with Gasteiger partial charge in [0.1, 0.15) is 0 Å². The minimum atomic E-state index is -0.0527. The maximum atomic E-state index is 2.43. The third-order valence-corrected chi connectivity index (χ3v) is 7.09. The Labute approximate surface area is 167 Å². The van der Waals surface area contributed by atoms with E-state index >= 15 is 0 Å². The Morgan fingerprint density at radius 3 is 1.86 bits per heavy atom. The lowest BCUT2D eigenvalue weighted by Gasteiger charge is -2.37. The number of benzene rings is 3. The minimum absolute atomic E-state index is 0.0527. The highest BCUT2D eigenvalue weighted by Gasteiger charge is 2.56. The topological polar surface area (TPSA) is 0 Å². The van der Waals surface area contributed by atoms with Gasteiger partial charge in [0.2, 0.25) is 0 Å². The molecule has 0 amide bonds. The van der Waals surface area contributed by atoms with E-state index in [1.807, 2.05) is 0 Å². The first kappa shape index (κ1) is 16.1. The van der Waals surface area contributed by atoms with E-state index < -0.39 is 0 Å². The quantitative estimate of drug-likeness (QED) is 0.455. The zero-order valence-electron chi connectivity index (χ0n) is 16.3. The molecule has 1 atom stereocenters. The molecule has 0 saturated carbocycles. The van der Waals surface area contributed by atoms with Gasteiger partial charge in [0, 0.05) is 5.92 Å². The molecule has 0 N–H and O–H groups in total. The molecule has 0 radical (unpaired) electrons. The van der Waals surface area contributed by atoms with Crippen LogP contribution in [-0.4, -0.2) is 0 Å². The van der Waals surface area contributed by atoms with Gasteiger partial charge in [-0.1, -0.05) is 104 Å². The second-order valence-corrected chi connectivity index (χ2v) is 8.40. The summed E-state index contributed by atoms with van der Waals surface area (Å²) < 4.78 is 0. The lowest BCUT2D eigenvalue weighted by molar-refractivity contribution is 0.479. The van der Waals surface area contributed by atoms with Crippen molar-refractivity contribution < 1.29 is 0 Å². The third-order valence-electron chi connectivity index (χ3n) is 7.09. The van der Waals surface area contributed by atoms with E-state index in [1.165, 1.54) is 51.8 Å². The lowest BCUT2D eigenvalue weighted by Crippen LogP contribution is -2.33. The molecule has 28 heavy (non-hydrogen) atoms. The van der Waals surface area contributed by atoms with E-state index in [4.69, 9.17) is 0 Å². The van der Waals surface area contributed by atoms with Crippen molar-refractivity contribution in [2.24, 2.45) is 5.92 Å². The van der Waals surface area contributed by atoms with Gasteiger partial charge in [0.25, 0.3) is 0 Å². The highest BCUT2D eigenvalue weighted by atomic mass is 14.6. The van der Waals surface area contributed by atoms with E-state index in [1.54, 1.807) is 5.57 Å². The van der Waals surface area contributed by atoms with Crippen LogP contribution in [-0.2, 0) is 5.41 Å². The molecule has 3 aromatic rings. The molecule has 0 aromatic heterocycles. The van der Waals surface area contributed by atoms with Gasteiger partial charge in [-0.15, -0.1) is 0 Å². The molecule has 0 saturated heterocycles. The standard InChI is InChI=1S/C28H24/c1-2-9-19-16-17-23-22-12-5-8-15-26(22)28(27(23)18-19)24-13-6-3-10-20(24)21-11-4-7-14-25(21)28/h3-8,10-17,27H,2,9,18H2,1H3. The number of hydrogen-bond acceptors (Lipinski definition) is 0. The van der Waals surface area contributed by atoms with E-state index in [0.29, 0.717) is 5.92 Å². The largest absolute Gasteiger partial charge is 0.0696 e. The fraction of sp³-hybridized carbons (Fsp3) is 0.214. The normalized spacial score (nSPS) is 20.1. The van der Waals surface area contributed by atoms with Crippen LogP contribution in [0.25, 0.3) is 16.7 Å². The van der Waals surface area contributed by atoms with Gasteiger partial charge in [-0.25, -0.2) is 0 Å². The van der Waals surface area contributed by atoms with Crippen molar-refractivity contribution in [2.75, 3.05) is 0 Å². The minimum Gasteiger partial charge on any atom is -0.0696 e. The van der Waals surface area contributed by atoms with Crippen LogP contribution in [0.5, 0.6) is 0 Å². The van der Waals surface area contributed by atoms with Crippen LogP contribution in [0.1, 0.15) is 48.4 Å². The SMILES string of the molecule is CCCC1=CC=C2c3ccccc3C3(c4ccccc4-c4ccccc43)C2C1. The molecular weight excluding hydrogens is 336 g/mol. The molecule has 3 aliphatic rings. The van der Waals surface area contributed by atoms with Crippen LogP contribution >= 0.6 is 0 Å². The van der Waals surface area contributed by atoms with Crippen molar-refractivity contribution >= 4 is 5.57 Å². The van der Waals surface area contributed by atoms with Gasteiger partial charge in [-0.3, -0.25) is 0 Å². The first-order chi connectivity index (χ1) is 13.9. The average Bonchev–Trinajstić information content (AvgIpc) is 3.21. The molecule has 1 unspecified atom stereocenters. The summed E-state index contributed by atoms with van der Waals surface area (Å²) in [6.07, 6.45) is 8.41. The molecule has 3 aliphatic carbocycles. The first-order valence-electron chi connectivity index (χ1n) is 10.5. The van der Waals surface area contributed by atoms with Gasteiger partial charge >= 0.3 is 0 Å². The second kappa shape index (κ2) is 5.82. The van der Waals surface area contributed by atoms with Crippen molar-refractivity contribution in [3.05, 3.63) is 113 Å². The zero-order valence-corrected chi connectivity index (χ0v) is 16.3. The fourth-order valence-electron chi connectivity index (χ4n) is 6.14. The zero-order chi connectivity index (χ0) is 18.7. The Balaban J connectivity index is 1.72. The van der Waals surface area contributed by atoms with Gasteiger partial charge in [0.15, 0.2) is 0 Å². The van der Waals surface area contributed by atoms with Crippen LogP contribution in [0, 0.1) is 5.92 Å². The van der Waals surface area contributed by atoms with Gasteiger partial charge < -0.3 is 0 Å². The number of rotatable bonds is 2. The van der Waals surface area contributed by atoms with Crippen LogP contribution in [0.2, 0.25) is 0 Å². The highest BCUT2D eigenvalue weighted by molar-refractivity contribution is 5.92. The Morgan fingerprint density at radius 1 is 0.714 bits per heavy atom. The summed E-state index contributed by atoms with van der Waals surface area (Å²) in [7, 11) is 0. The molecule has 0 heterocycles. The van der Waals surface area contributed by atoms with Crippen molar-refractivity contribution in [2.45, 2.75) is 31.6 Å². The van der Waals surface area contributed by atoms with Crippen LogP contribution < -0.4 is 0 Å². The summed E-state index contributed by atoms with van der Waals surface area (Å²) in [4.78, 5) is 0. The van der Waals surface area contributed by atoms with Gasteiger partial charge in [0.05, 0.1) is 5.41 Å². The Bertz CT molecular complexity index is 1110. The average molecular weight is 361 g/mol. The molecule has 0 bridgehead atoms. The van der Waals surface area contributed by atoms with E-state index in [2.05, 4.69) is 91.9 Å². The molecule has 0 heteroatoms. The van der Waals surface area contributed by atoms with Crippen LogP contribution in [0.3, 0.4) is 0 Å². The Morgan fingerprint density at radius 2 is 1.25 bits per heavy atom. The maximum absolute atomic E-state index is 2.43. The number of allylic oxidation sites excluding steroid dienone is 4. The molecule has 0 fully saturated rings. The molecule has 3 aromatic carbocycles. The number of fused-ring (bicyclic) bond motifs is 10. The van der Waals surface area contributed by atoms with Crippen molar-refractivity contribution in [3.63, 3.8) is 0 Å². The predicted molar refractivity (Wildman–Crippen MR) is 117 cm³/mol. The van der Waals surface area contributed by atoms with E-state index in [-0.39, 0.29) is 5.41 Å². The second-order valence-electron chi connectivity index (χ2n) is 8.40. The van der Waals surface area contributed by atoms with Crippen LogP contribution in [0.4, 0.5) is 0 Å². The molecule has 0 nitrogen and oxygen atoms in total. The monoisotopic (exact) mass is 360 g/mol. The summed E-state index contributed by atoms with van der Waals surface area (Å²) in [5, 5.41) is 0. The summed E-state index contributed by atoms with van der Waals surface area (Å²) >= 11 is 0.